The fraction of sp³-hybridized carbons (Fsp3) is 0.538. The van der Waals surface area contributed by atoms with Crippen molar-refractivity contribution in [1.29, 1.82) is 0 Å². The van der Waals surface area contributed by atoms with E-state index in [1.165, 1.54) is 16.7 Å². The van der Waals surface area contributed by atoms with Crippen molar-refractivity contribution in [3.63, 3.8) is 0 Å². The van der Waals surface area contributed by atoms with E-state index in [0.717, 1.165) is 18.4 Å². The lowest BCUT2D eigenvalue weighted by Gasteiger charge is -2.16. The molecule has 1 atom stereocenters. The Bertz CT molecular complexity index is 292. The molecule has 0 aliphatic heterocycles. The predicted octanol–water partition coefficient (Wildman–Crippen LogP) is 3.45. The van der Waals surface area contributed by atoms with E-state index < -0.39 is 0 Å². The molecule has 0 amide bonds. The molecule has 1 aromatic rings. The van der Waals surface area contributed by atoms with Crippen molar-refractivity contribution in [3.8, 4) is 0 Å². The van der Waals surface area contributed by atoms with E-state index in [2.05, 4.69) is 39.8 Å². The van der Waals surface area contributed by atoms with Crippen molar-refractivity contribution in [2.75, 3.05) is 0 Å². The zero-order chi connectivity index (χ0) is 10.7. The number of rotatable bonds is 3. The molecule has 0 saturated heterocycles. The standard InChI is InChI=1S/C13H20O/c1-5-6-12(14)13-10(3)7-9(2)8-11(13)4/h7-8,12,14H,5-6H2,1-4H3/t12-/m0/s1. The highest BCUT2D eigenvalue weighted by Crippen LogP contribution is 2.26. The summed E-state index contributed by atoms with van der Waals surface area (Å²) in [5.74, 6) is 0. The smallest absolute Gasteiger partial charge is 0.0795 e. The molecular formula is C13H20O. The lowest BCUT2D eigenvalue weighted by Crippen LogP contribution is -2.03. The molecule has 14 heavy (non-hydrogen) atoms. The van der Waals surface area contributed by atoms with Gasteiger partial charge in [0, 0.05) is 0 Å². The van der Waals surface area contributed by atoms with Crippen molar-refractivity contribution in [3.05, 3.63) is 34.4 Å². The number of aliphatic hydroxyl groups is 1. The highest BCUT2D eigenvalue weighted by atomic mass is 16.3. The summed E-state index contributed by atoms with van der Waals surface area (Å²) in [7, 11) is 0. The average Bonchev–Trinajstić information content (AvgIpc) is 2.01. The molecule has 1 rings (SSSR count). The number of aryl methyl sites for hydroxylation is 3. The highest BCUT2D eigenvalue weighted by molar-refractivity contribution is 5.38. The van der Waals surface area contributed by atoms with Crippen molar-refractivity contribution in [2.24, 2.45) is 0 Å². The van der Waals surface area contributed by atoms with Gasteiger partial charge in [-0.1, -0.05) is 31.0 Å². The first kappa shape index (κ1) is 11.3. The summed E-state index contributed by atoms with van der Waals surface area (Å²) in [4.78, 5) is 0. The molecule has 1 aromatic carbocycles. The van der Waals surface area contributed by atoms with Crippen LogP contribution in [0.4, 0.5) is 0 Å². The van der Waals surface area contributed by atoms with E-state index in [1.54, 1.807) is 0 Å². The lowest BCUT2D eigenvalue weighted by molar-refractivity contribution is 0.165. The van der Waals surface area contributed by atoms with Gasteiger partial charge in [-0.3, -0.25) is 0 Å². The van der Waals surface area contributed by atoms with Gasteiger partial charge in [-0.05, 0) is 43.9 Å². The van der Waals surface area contributed by atoms with Crippen LogP contribution in [0.1, 0.15) is 48.1 Å². The molecule has 78 valence electrons. The molecule has 1 nitrogen and oxygen atoms in total. The van der Waals surface area contributed by atoms with Gasteiger partial charge in [-0.15, -0.1) is 0 Å². The molecule has 0 aliphatic rings. The third-order valence-corrected chi connectivity index (χ3v) is 2.63. The molecule has 0 aliphatic carbocycles. The third kappa shape index (κ3) is 2.36. The summed E-state index contributed by atoms with van der Waals surface area (Å²) in [5, 5.41) is 9.97. The van der Waals surface area contributed by atoms with E-state index in [0.29, 0.717) is 0 Å². The zero-order valence-corrected chi connectivity index (χ0v) is 9.59. The van der Waals surface area contributed by atoms with Gasteiger partial charge in [-0.25, -0.2) is 0 Å². The van der Waals surface area contributed by atoms with Gasteiger partial charge < -0.3 is 5.11 Å². The Labute approximate surface area is 86.8 Å². The zero-order valence-electron chi connectivity index (χ0n) is 9.59. The molecule has 0 unspecified atom stereocenters. The Morgan fingerprint density at radius 2 is 1.64 bits per heavy atom. The Morgan fingerprint density at radius 3 is 2.07 bits per heavy atom. The van der Waals surface area contributed by atoms with Gasteiger partial charge in [0.15, 0.2) is 0 Å². The third-order valence-electron chi connectivity index (χ3n) is 2.63. The molecule has 0 fully saturated rings. The van der Waals surface area contributed by atoms with E-state index in [1.807, 2.05) is 0 Å². The normalized spacial score (nSPS) is 12.9. The number of aliphatic hydroxyl groups excluding tert-OH is 1. The van der Waals surface area contributed by atoms with Crippen molar-refractivity contribution in [1.82, 2.24) is 0 Å². The fourth-order valence-electron chi connectivity index (χ4n) is 2.13. The van der Waals surface area contributed by atoms with Crippen LogP contribution in [0.5, 0.6) is 0 Å². The molecule has 1 heteroatoms. The largest absolute Gasteiger partial charge is 0.388 e. The van der Waals surface area contributed by atoms with Crippen molar-refractivity contribution in [2.45, 2.75) is 46.6 Å². The molecule has 0 saturated carbocycles. The maximum absolute atomic E-state index is 9.97. The van der Waals surface area contributed by atoms with Crippen LogP contribution >= 0.6 is 0 Å². The van der Waals surface area contributed by atoms with Crippen LogP contribution < -0.4 is 0 Å². The monoisotopic (exact) mass is 192 g/mol. The molecule has 0 bridgehead atoms. The Kier molecular flexibility index (Phi) is 3.70. The van der Waals surface area contributed by atoms with Crippen molar-refractivity contribution < 1.29 is 5.11 Å². The van der Waals surface area contributed by atoms with Crippen LogP contribution in [0.15, 0.2) is 12.1 Å². The topological polar surface area (TPSA) is 20.2 Å². The molecule has 0 spiro atoms. The van der Waals surface area contributed by atoms with Crippen LogP contribution in [-0.2, 0) is 0 Å². The summed E-state index contributed by atoms with van der Waals surface area (Å²) in [6, 6.07) is 4.28. The number of hydrogen-bond acceptors (Lipinski definition) is 1. The van der Waals surface area contributed by atoms with Crippen molar-refractivity contribution >= 4 is 0 Å². The maximum Gasteiger partial charge on any atom is 0.0795 e. The van der Waals surface area contributed by atoms with Gasteiger partial charge in [0.1, 0.15) is 0 Å². The summed E-state index contributed by atoms with van der Waals surface area (Å²) in [5.41, 5.74) is 4.82. The van der Waals surface area contributed by atoms with Crippen LogP contribution in [-0.4, -0.2) is 5.11 Å². The molecule has 0 aromatic heterocycles. The minimum Gasteiger partial charge on any atom is -0.388 e. The number of benzene rings is 1. The molecule has 0 radical (unpaired) electrons. The molecule has 0 heterocycles. The number of hydrogen-bond donors (Lipinski definition) is 1. The second-order valence-corrected chi connectivity index (χ2v) is 4.12. The summed E-state index contributed by atoms with van der Waals surface area (Å²) >= 11 is 0. The summed E-state index contributed by atoms with van der Waals surface area (Å²) in [6.45, 7) is 8.35. The molecular weight excluding hydrogens is 172 g/mol. The van der Waals surface area contributed by atoms with Crippen LogP contribution in [0, 0.1) is 20.8 Å². The second-order valence-electron chi connectivity index (χ2n) is 4.12. The first-order valence-corrected chi connectivity index (χ1v) is 5.32. The minimum atomic E-state index is -0.291. The van der Waals surface area contributed by atoms with Gasteiger partial charge in [0.2, 0.25) is 0 Å². The second kappa shape index (κ2) is 4.61. The van der Waals surface area contributed by atoms with E-state index in [9.17, 15) is 5.11 Å². The first-order valence-electron chi connectivity index (χ1n) is 5.32. The predicted molar refractivity (Wildman–Crippen MR) is 60.5 cm³/mol. The lowest BCUT2D eigenvalue weighted by atomic mass is 9.94. The summed E-state index contributed by atoms with van der Waals surface area (Å²) in [6.07, 6.45) is 1.58. The Morgan fingerprint density at radius 1 is 1.14 bits per heavy atom. The van der Waals surface area contributed by atoms with E-state index in [4.69, 9.17) is 0 Å². The van der Waals surface area contributed by atoms with Gasteiger partial charge in [0.25, 0.3) is 0 Å². The quantitative estimate of drug-likeness (QED) is 0.777. The Balaban J connectivity index is 3.07. The van der Waals surface area contributed by atoms with Gasteiger partial charge >= 0.3 is 0 Å². The average molecular weight is 192 g/mol. The minimum absolute atomic E-state index is 0.291. The molecule has 1 N–H and O–H groups in total. The summed E-state index contributed by atoms with van der Waals surface area (Å²) < 4.78 is 0. The van der Waals surface area contributed by atoms with Gasteiger partial charge in [0.05, 0.1) is 6.10 Å². The maximum atomic E-state index is 9.97. The van der Waals surface area contributed by atoms with E-state index >= 15 is 0 Å². The Hall–Kier alpha value is -0.820. The first-order chi connectivity index (χ1) is 6.56. The van der Waals surface area contributed by atoms with Gasteiger partial charge in [-0.2, -0.15) is 0 Å². The van der Waals surface area contributed by atoms with E-state index in [-0.39, 0.29) is 6.10 Å². The highest BCUT2D eigenvalue weighted by Gasteiger charge is 2.12. The fourth-order valence-corrected chi connectivity index (χ4v) is 2.13. The van der Waals surface area contributed by atoms with Crippen LogP contribution in [0.3, 0.4) is 0 Å². The SMILES string of the molecule is CCC[C@H](O)c1c(C)cc(C)cc1C. The van der Waals surface area contributed by atoms with Crippen LogP contribution in [0.2, 0.25) is 0 Å². The van der Waals surface area contributed by atoms with Crippen LogP contribution in [0.25, 0.3) is 0 Å².